The van der Waals surface area contributed by atoms with E-state index < -0.39 is 0 Å². The van der Waals surface area contributed by atoms with Crippen LogP contribution in [-0.2, 0) is 6.42 Å². The first-order valence-corrected chi connectivity index (χ1v) is 8.39. The van der Waals surface area contributed by atoms with E-state index in [-0.39, 0.29) is 6.04 Å². The number of hydrogen-bond donors (Lipinski definition) is 2. The number of fused-ring (bicyclic) bond motifs is 3. The molecule has 1 aromatic rings. The summed E-state index contributed by atoms with van der Waals surface area (Å²) < 4.78 is 0. The van der Waals surface area contributed by atoms with E-state index in [2.05, 4.69) is 14.9 Å². The SMILES string of the molecule is Nc1nc2c(c(N3CCC(N)C3)n1)CCC1CCCCC21. The van der Waals surface area contributed by atoms with Crippen molar-refractivity contribution in [3.05, 3.63) is 11.3 Å². The smallest absolute Gasteiger partial charge is 0.222 e. The molecule has 4 N–H and O–H groups in total. The molecule has 3 unspecified atom stereocenters. The van der Waals surface area contributed by atoms with Crippen molar-refractivity contribution >= 4 is 11.8 Å². The van der Waals surface area contributed by atoms with Crippen molar-refractivity contribution in [2.24, 2.45) is 11.7 Å². The Kier molecular flexibility index (Phi) is 3.25. The molecule has 0 amide bonds. The number of nitrogens with zero attached hydrogens (tertiary/aromatic N) is 3. The number of nitrogen functional groups attached to an aromatic ring is 1. The van der Waals surface area contributed by atoms with Crippen LogP contribution in [0.3, 0.4) is 0 Å². The average molecular weight is 287 g/mol. The second kappa shape index (κ2) is 5.13. The zero-order valence-corrected chi connectivity index (χ0v) is 12.6. The van der Waals surface area contributed by atoms with E-state index in [0.29, 0.717) is 11.9 Å². The number of hydrogen-bond acceptors (Lipinski definition) is 5. The molecule has 2 fully saturated rings. The van der Waals surface area contributed by atoms with Gasteiger partial charge in [-0.1, -0.05) is 12.8 Å². The summed E-state index contributed by atoms with van der Waals surface area (Å²) in [6, 6.07) is 0.267. The van der Waals surface area contributed by atoms with Gasteiger partial charge in [0.25, 0.3) is 0 Å². The predicted molar refractivity (Wildman–Crippen MR) is 84.3 cm³/mol. The van der Waals surface area contributed by atoms with Crippen LogP contribution in [0.1, 0.15) is 55.7 Å². The Morgan fingerprint density at radius 2 is 1.90 bits per heavy atom. The van der Waals surface area contributed by atoms with Gasteiger partial charge in [-0.15, -0.1) is 0 Å². The summed E-state index contributed by atoms with van der Waals surface area (Å²) in [4.78, 5) is 11.6. The molecule has 114 valence electrons. The van der Waals surface area contributed by atoms with Crippen LogP contribution >= 0.6 is 0 Å². The Labute approximate surface area is 126 Å². The molecule has 0 aromatic carbocycles. The first-order chi connectivity index (χ1) is 10.2. The normalized spacial score (nSPS) is 31.9. The van der Waals surface area contributed by atoms with E-state index in [1.54, 1.807) is 0 Å². The summed E-state index contributed by atoms with van der Waals surface area (Å²) in [5.41, 5.74) is 14.7. The lowest BCUT2D eigenvalue weighted by molar-refractivity contribution is 0.270. The van der Waals surface area contributed by atoms with Gasteiger partial charge in [0.1, 0.15) is 5.82 Å². The first kappa shape index (κ1) is 13.3. The lowest BCUT2D eigenvalue weighted by atomic mass is 9.70. The van der Waals surface area contributed by atoms with Crippen LogP contribution in [0.15, 0.2) is 0 Å². The van der Waals surface area contributed by atoms with Gasteiger partial charge in [-0.05, 0) is 38.0 Å². The summed E-state index contributed by atoms with van der Waals surface area (Å²) in [7, 11) is 0. The second-order valence-corrected chi connectivity index (χ2v) is 6.95. The molecule has 3 aliphatic rings. The fourth-order valence-electron chi connectivity index (χ4n) is 4.54. The Bertz CT molecular complexity index is 526. The molecule has 1 saturated heterocycles. The van der Waals surface area contributed by atoms with Gasteiger partial charge < -0.3 is 16.4 Å². The highest BCUT2D eigenvalue weighted by Crippen LogP contribution is 2.46. The van der Waals surface area contributed by atoms with Crippen molar-refractivity contribution in [2.75, 3.05) is 23.7 Å². The zero-order chi connectivity index (χ0) is 14.4. The second-order valence-electron chi connectivity index (χ2n) is 6.95. The Hall–Kier alpha value is -1.36. The monoisotopic (exact) mass is 287 g/mol. The maximum atomic E-state index is 6.07. The number of nitrogens with two attached hydrogens (primary N) is 2. The standard InChI is InChI=1S/C16H25N5/c17-11-7-8-21(9-11)15-13-6-5-10-3-1-2-4-12(10)14(13)19-16(18)20-15/h10-12H,1-9,17H2,(H2,18,19,20). The van der Waals surface area contributed by atoms with Gasteiger partial charge in [0, 0.05) is 30.6 Å². The highest BCUT2D eigenvalue weighted by Gasteiger charge is 2.36. The van der Waals surface area contributed by atoms with Crippen LogP contribution in [0.25, 0.3) is 0 Å². The van der Waals surface area contributed by atoms with Gasteiger partial charge in [-0.3, -0.25) is 0 Å². The minimum absolute atomic E-state index is 0.267. The molecule has 2 aliphatic carbocycles. The van der Waals surface area contributed by atoms with Gasteiger partial charge in [-0.2, -0.15) is 4.98 Å². The largest absolute Gasteiger partial charge is 0.368 e. The Morgan fingerprint density at radius 1 is 1.05 bits per heavy atom. The molecule has 0 bridgehead atoms. The molecular formula is C16H25N5. The first-order valence-electron chi connectivity index (χ1n) is 8.39. The van der Waals surface area contributed by atoms with Gasteiger partial charge in [-0.25, -0.2) is 4.98 Å². The van der Waals surface area contributed by atoms with Crippen LogP contribution in [0, 0.1) is 5.92 Å². The summed E-state index contributed by atoms with van der Waals surface area (Å²) in [6.07, 6.45) is 8.78. The van der Waals surface area contributed by atoms with E-state index in [0.717, 1.165) is 37.7 Å². The van der Waals surface area contributed by atoms with Crippen molar-refractivity contribution in [1.82, 2.24) is 9.97 Å². The summed E-state index contributed by atoms with van der Waals surface area (Å²) in [5, 5.41) is 0. The van der Waals surface area contributed by atoms with Crippen LogP contribution in [-0.4, -0.2) is 29.1 Å². The van der Waals surface area contributed by atoms with Crippen molar-refractivity contribution in [3.63, 3.8) is 0 Å². The van der Waals surface area contributed by atoms with E-state index in [1.165, 1.54) is 43.4 Å². The molecule has 0 spiro atoms. The summed E-state index contributed by atoms with van der Waals surface area (Å²) >= 11 is 0. The van der Waals surface area contributed by atoms with Crippen LogP contribution in [0.5, 0.6) is 0 Å². The molecule has 4 rings (SSSR count). The number of rotatable bonds is 1. The summed E-state index contributed by atoms with van der Waals surface area (Å²) in [6.45, 7) is 1.90. The molecule has 5 heteroatoms. The van der Waals surface area contributed by atoms with Gasteiger partial charge in [0.15, 0.2) is 0 Å². The van der Waals surface area contributed by atoms with Crippen LogP contribution < -0.4 is 16.4 Å². The fourth-order valence-corrected chi connectivity index (χ4v) is 4.54. The van der Waals surface area contributed by atoms with Crippen molar-refractivity contribution < 1.29 is 0 Å². The average Bonchev–Trinajstić information content (AvgIpc) is 2.93. The molecule has 2 heterocycles. The van der Waals surface area contributed by atoms with E-state index in [1.807, 2.05) is 0 Å². The molecule has 5 nitrogen and oxygen atoms in total. The Balaban J connectivity index is 1.74. The third kappa shape index (κ3) is 2.27. The van der Waals surface area contributed by atoms with Gasteiger partial charge >= 0.3 is 0 Å². The lowest BCUT2D eigenvalue weighted by Crippen LogP contribution is -2.31. The van der Waals surface area contributed by atoms with Gasteiger partial charge in [0.05, 0.1) is 5.69 Å². The van der Waals surface area contributed by atoms with Crippen LogP contribution in [0.4, 0.5) is 11.8 Å². The minimum atomic E-state index is 0.267. The molecular weight excluding hydrogens is 262 g/mol. The molecule has 1 saturated carbocycles. The van der Waals surface area contributed by atoms with E-state index >= 15 is 0 Å². The third-order valence-corrected chi connectivity index (χ3v) is 5.58. The Morgan fingerprint density at radius 3 is 2.71 bits per heavy atom. The van der Waals surface area contributed by atoms with E-state index in [4.69, 9.17) is 11.5 Å². The van der Waals surface area contributed by atoms with Gasteiger partial charge in [0.2, 0.25) is 5.95 Å². The highest BCUT2D eigenvalue weighted by molar-refractivity contribution is 5.54. The van der Waals surface area contributed by atoms with Crippen molar-refractivity contribution in [1.29, 1.82) is 0 Å². The fraction of sp³-hybridized carbons (Fsp3) is 0.750. The third-order valence-electron chi connectivity index (χ3n) is 5.58. The highest BCUT2D eigenvalue weighted by atomic mass is 15.2. The molecule has 3 atom stereocenters. The van der Waals surface area contributed by atoms with E-state index in [9.17, 15) is 0 Å². The van der Waals surface area contributed by atoms with Crippen molar-refractivity contribution in [3.8, 4) is 0 Å². The topological polar surface area (TPSA) is 81.1 Å². The number of anilines is 2. The molecule has 1 aromatic heterocycles. The quantitative estimate of drug-likeness (QED) is 0.823. The molecule has 21 heavy (non-hydrogen) atoms. The summed E-state index contributed by atoms with van der Waals surface area (Å²) in [5.74, 6) is 2.95. The predicted octanol–water partition coefficient (Wildman–Crippen LogP) is 1.82. The van der Waals surface area contributed by atoms with Crippen molar-refractivity contribution in [2.45, 2.75) is 56.9 Å². The maximum Gasteiger partial charge on any atom is 0.222 e. The molecule has 0 radical (unpaired) electrons. The lowest BCUT2D eigenvalue weighted by Gasteiger charge is -2.37. The molecule has 1 aliphatic heterocycles. The zero-order valence-electron chi connectivity index (χ0n) is 12.6. The maximum absolute atomic E-state index is 6.07. The van der Waals surface area contributed by atoms with Crippen LogP contribution in [0.2, 0.25) is 0 Å². The number of aromatic nitrogens is 2. The minimum Gasteiger partial charge on any atom is -0.368 e.